The molecular weight excluding hydrogens is 228 g/mol. The van der Waals surface area contributed by atoms with Gasteiger partial charge in [-0.05, 0) is 56.2 Å². The van der Waals surface area contributed by atoms with Crippen LogP contribution in [-0.4, -0.2) is 42.1 Å². The molecule has 17 heavy (non-hydrogen) atoms. The lowest BCUT2D eigenvalue weighted by Crippen LogP contribution is -2.54. The van der Waals surface area contributed by atoms with E-state index in [0.717, 1.165) is 24.3 Å². The van der Waals surface area contributed by atoms with Gasteiger partial charge in [0.1, 0.15) is 0 Å². The predicted octanol–water partition coefficient (Wildman–Crippen LogP) is 2.19. The van der Waals surface area contributed by atoms with Crippen LogP contribution in [0.2, 0.25) is 0 Å². The van der Waals surface area contributed by atoms with Crippen LogP contribution in [-0.2, 0) is 0 Å². The number of thioether (sulfide) groups is 1. The van der Waals surface area contributed by atoms with Gasteiger partial charge in [-0.1, -0.05) is 6.42 Å². The minimum absolute atomic E-state index is 0.326. The van der Waals surface area contributed by atoms with E-state index in [1.165, 1.54) is 50.2 Å². The van der Waals surface area contributed by atoms with Crippen molar-refractivity contribution in [3.63, 3.8) is 0 Å². The lowest BCUT2D eigenvalue weighted by molar-refractivity contribution is 0.110. The summed E-state index contributed by atoms with van der Waals surface area (Å²) in [6.45, 7) is 2.15. The standard InChI is InChI=1S/C14H26N2S/c1-16(14(9-15)4-5-17-10-14)8-13-7-11-2-3-12(13)6-11/h11-13H,2-10,15H2,1H3. The van der Waals surface area contributed by atoms with Crippen molar-refractivity contribution in [1.29, 1.82) is 0 Å². The molecule has 3 aliphatic rings. The minimum Gasteiger partial charge on any atom is -0.329 e. The average molecular weight is 254 g/mol. The molecule has 1 aliphatic heterocycles. The first-order valence-electron chi connectivity index (χ1n) is 7.22. The van der Waals surface area contributed by atoms with E-state index in [0.29, 0.717) is 5.54 Å². The van der Waals surface area contributed by atoms with Gasteiger partial charge in [-0.25, -0.2) is 0 Å². The fraction of sp³-hybridized carbons (Fsp3) is 1.00. The zero-order valence-corrected chi connectivity index (χ0v) is 11.8. The summed E-state index contributed by atoms with van der Waals surface area (Å²) in [5, 5.41) is 0. The van der Waals surface area contributed by atoms with Gasteiger partial charge in [0, 0.05) is 24.4 Å². The van der Waals surface area contributed by atoms with Gasteiger partial charge in [0.2, 0.25) is 0 Å². The molecule has 0 aromatic rings. The van der Waals surface area contributed by atoms with Crippen LogP contribution in [0, 0.1) is 17.8 Å². The Kier molecular flexibility index (Phi) is 3.44. The second kappa shape index (κ2) is 4.75. The van der Waals surface area contributed by atoms with Crippen LogP contribution >= 0.6 is 11.8 Å². The quantitative estimate of drug-likeness (QED) is 0.834. The number of likely N-dealkylation sites (N-methyl/N-ethyl adjacent to an activating group) is 1. The largest absolute Gasteiger partial charge is 0.329 e. The summed E-state index contributed by atoms with van der Waals surface area (Å²) >= 11 is 2.09. The zero-order chi connectivity index (χ0) is 11.9. The molecule has 1 heterocycles. The van der Waals surface area contributed by atoms with E-state index in [9.17, 15) is 0 Å². The highest BCUT2D eigenvalue weighted by Gasteiger charge is 2.43. The van der Waals surface area contributed by atoms with Crippen LogP contribution in [0.4, 0.5) is 0 Å². The van der Waals surface area contributed by atoms with Crippen LogP contribution in [0.3, 0.4) is 0 Å². The van der Waals surface area contributed by atoms with Crippen LogP contribution in [0.5, 0.6) is 0 Å². The first-order valence-corrected chi connectivity index (χ1v) is 8.38. The minimum atomic E-state index is 0.326. The number of hydrogen-bond donors (Lipinski definition) is 1. The summed E-state index contributed by atoms with van der Waals surface area (Å²) < 4.78 is 0. The van der Waals surface area contributed by atoms with Crippen LogP contribution in [0.15, 0.2) is 0 Å². The number of rotatable bonds is 4. The molecule has 2 bridgehead atoms. The number of nitrogens with zero attached hydrogens (tertiary/aromatic N) is 1. The highest BCUT2D eigenvalue weighted by molar-refractivity contribution is 7.99. The summed E-state index contributed by atoms with van der Waals surface area (Å²) in [7, 11) is 2.32. The lowest BCUT2D eigenvalue weighted by Gasteiger charge is -2.40. The topological polar surface area (TPSA) is 29.3 Å². The maximum atomic E-state index is 6.06. The van der Waals surface area contributed by atoms with E-state index in [-0.39, 0.29) is 0 Å². The second-order valence-corrected chi connectivity index (χ2v) is 7.65. The van der Waals surface area contributed by atoms with Crippen molar-refractivity contribution in [2.45, 2.75) is 37.6 Å². The molecule has 0 aromatic heterocycles. The summed E-state index contributed by atoms with van der Waals surface area (Å²) in [4.78, 5) is 2.62. The fourth-order valence-electron chi connectivity index (χ4n) is 4.36. The molecule has 98 valence electrons. The Labute approximate surface area is 110 Å². The normalized spacial score (nSPS) is 45.0. The van der Waals surface area contributed by atoms with Crippen molar-refractivity contribution in [1.82, 2.24) is 4.90 Å². The third kappa shape index (κ3) is 2.15. The Morgan fingerprint density at radius 2 is 2.24 bits per heavy atom. The van der Waals surface area contributed by atoms with Crippen LogP contribution in [0.25, 0.3) is 0 Å². The highest BCUT2D eigenvalue weighted by atomic mass is 32.2. The monoisotopic (exact) mass is 254 g/mol. The van der Waals surface area contributed by atoms with Gasteiger partial charge in [-0.3, -0.25) is 4.90 Å². The summed E-state index contributed by atoms with van der Waals surface area (Å²) in [5.74, 6) is 5.66. The third-order valence-corrected chi connectivity index (χ3v) is 6.90. The number of hydrogen-bond acceptors (Lipinski definition) is 3. The van der Waals surface area contributed by atoms with Gasteiger partial charge in [0.05, 0.1) is 0 Å². The van der Waals surface area contributed by atoms with Crippen LogP contribution in [0.1, 0.15) is 32.1 Å². The van der Waals surface area contributed by atoms with E-state index in [1.807, 2.05) is 0 Å². The van der Waals surface area contributed by atoms with Crippen molar-refractivity contribution in [2.75, 3.05) is 31.6 Å². The summed E-state index contributed by atoms with van der Waals surface area (Å²) in [5.41, 5.74) is 6.39. The molecule has 1 saturated heterocycles. The molecule has 0 amide bonds. The van der Waals surface area contributed by atoms with Crippen molar-refractivity contribution < 1.29 is 0 Å². The van der Waals surface area contributed by atoms with E-state index in [1.54, 1.807) is 0 Å². The Morgan fingerprint density at radius 3 is 2.76 bits per heavy atom. The lowest BCUT2D eigenvalue weighted by atomic mass is 9.86. The molecule has 3 fully saturated rings. The number of fused-ring (bicyclic) bond motifs is 2. The molecule has 2 aliphatic carbocycles. The molecule has 2 saturated carbocycles. The van der Waals surface area contributed by atoms with Gasteiger partial charge < -0.3 is 5.73 Å². The fourth-order valence-corrected chi connectivity index (χ4v) is 5.89. The van der Waals surface area contributed by atoms with E-state index in [2.05, 4.69) is 23.7 Å². The molecule has 0 spiro atoms. The molecular formula is C14H26N2S. The molecule has 4 unspecified atom stereocenters. The molecule has 3 heteroatoms. The van der Waals surface area contributed by atoms with E-state index >= 15 is 0 Å². The van der Waals surface area contributed by atoms with Gasteiger partial charge in [0.25, 0.3) is 0 Å². The van der Waals surface area contributed by atoms with Crippen molar-refractivity contribution in [2.24, 2.45) is 23.5 Å². The van der Waals surface area contributed by atoms with Crippen molar-refractivity contribution >= 4 is 11.8 Å². The first kappa shape index (κ1) is 12.3. The Hall–Kier alpha value is 0.270. The van der Waals surface area contributed by atoms with Crippen molar-refractivity contribution in [3.05, 3.63) is 0 Å². The summed E-state index contributed by atoms with van der Waals surface area (Å²) in [6, 6.07) is 0. The maximum absolute atomic E-state index is 6.06. The Balaban J connectivity index is 1.61. The highest BCUT2D eigenvalue weighted by Crippen LogP contribution is 2.49. The smallest absolute Gasteiger partial charge is 0.0426 e. The Morgan fingerprint density at radius 1 is 1.35 bits per heavy atom. The predicted molar refractivity (Wildman–Crippen MR) is 75.3 cm³/mol. The van der Waals surface area contributed by atoms with E-state index in [4.69, 9.17) is 5.73 Å². The molecule has 2 nitrogen and oxygen atoms in total. The molecule has 4 atom stereocenters. The van der Waals surface area contributed by atoms with Crippen molar-refractivity contribution in [3.8, 4) is 0 Å². The van der Waals surface area contributed by atoms with Gasteiger partial charge >= 0.3 is 0 Å². The van der Waals surface area contributed by atoms with Gasteiger partial charge in [-0.2, -0.15) is 11.8 Å². The molecule has 0 radical (unpaired) electrons. The average Bonchev–Trinajstić information content (AvgIpc) is 3.05. The van der Waals surface area contributed by atoms with E-state index < -0.39 is 0 Å². The SMILES string of the molecule is CN(CC1CC2CCC1C2)C1(CN)CCSC1. The zero-order valence-electron chi connectivity index (χ0n) is 11.0. The third-order valence-electron chi connectivity index (χ3n) is 5.67. The van der Waals surface area contributed by atoms with Crippen LogP contribution < -0.4 is 5.73 Å². The maximum Gasteiger partial charge on any atom is 0.0426 e. The number of nitrogens with two attached hydrogens (primary N) is 1. The van der Waals surface area contributed by atoms with Gasteiger partial charge in [-0.15, -0.1) is 0 Å². The Bertz CT molecular complexity index is 275. The first-order chi connectivity index (χ1) is 8.23. The molecule has 3 rings (SSSR count). The molecule has 0 aromatic carbocycles. The summed E-state index contributed by atoms with van der Waals surface area (Å²) in [6.07, 6.45) is 7.35. The van der Waals surface area contributed by atoms with Gasteiger partial charge in [0.15, 0.2) is 0 Å². The molecule has 2 N–H and O–H groups in total. The second-order valence-electron chi connectivity index (χ2n) is 6.55.